The van der Waals surface area contributed by atoms with E-state index in [1.54, 1.807) is 0 Å². The third-order valence-electron chi connectivity index (χ3n) is 11.9. The molecule has 0 amide bonds. The second kappa shape index (κ2) is 12.5. The molecule has 0 saturated heterocycles. The molecule has 1 aromatic heterocycles. The van der Waals surface area contributed by atoms with Gasteiger partial charge in [-0.15, -0.1) is 0 Å². The Balaban J connectivity index is 1.33. The van der Waals surface area contributed by atoms with E-state index in [1.807, 2.05) is 6.08 Å². The van der Waals surface area contributed by atoms with Gasteiger partial charge in [-0.25, -0.2) is 0 Å². The van der Waals surface area contributed by atoms with Crippen molar-refractivity contribution >= 4 is 55.7 Å². The number of nitrogens with zero attached hydrogens (tertiary/aromatic N) is 2. The number of anilines is 3. The second-order valence-corrected chi connectivity index (χ2v) is 15.5. The fraction of sp³-hybridized carbons (Fsp3) is 0.0943. The summed E-state index contributed by atoms with van der Waals surface area (Å²) in [5, 5.41) is 4.97. The number of hydrogen-bond acceptors (Lipinski definition) is 1. The first-order valence-electron chi connectivity index (χ1n) is 19.2. The van der Waals surface area contributed by atoms with Gasteiger partial charge >= 0.3 is 0 Å². The van der Waals surface area contributed by atoms with Crippen molar-refractivity contribution < 1.29 is 0 Å². The number of benzene rings is 8. The van der Waals surface area contributed by atoms with E-state index in [-0.39, 0.29) is 5.41 Å². The summed E-state index contributed by atoms with van der Waals surface area (Å²) in [6.07, 6.45) is 1.95. The Kier molecular flexibility index (Phi) is 7.47. The van der Waals surface area contributed by atoms with Gasteiger partial charge in [-0.05, 0) is 106 Å². The fourth-order valence-corrected chi connectivity index (χ4v) is 9.31. The number of aromatic nitrogens is 1. The molecule has 1 heterocycles. The van der Waals surface area contributed by atoms with Crippen LogP contribution in [0.15, 0.2) is 170 Å². The summed E-state index contributed by atoms with van der Waals surface area (Å²) in [4.78, 5) is 2.53. The van der Waals surface area contributed by atoms with Crippen molar-refractivity contribution in [3.05, 3.63) is 198 Å². The van der Waals surface area contributed by atoms with Crippen molar-refractivity contribution in [2.24, 2.45) is 0 Å². The summed E-state index contributed by atoms with van der Waals surface area (Å²) in [6, 6.07) is 60.4. The topological polar surface area (TPSA) is 8.17 Å². The number of fused-ring (bicyclic) bond motifs is 8. The van der Waals surface area contributed by atoms with Gasteiger partial charge in [0.1, 0.15) is 0 Å². The molecule has 0 bridgehead atoms. The lowest BCUT2D eigenvalue weighted by Gasteiger charge is -2.31. The zero-order valence-corrected chi connectivity index (χ0v) is 31.8. The molecule has 0 saturated carbocycles. The third kappa shape index (κ3) is 4.95. The maximum atomic E-state index is 4.13. The molecule has 264 valence electrons. The van der Waals surface area contributed by atoms with E-state index in [0.717, 1.165) is 22.6 Å². The molecule has 0 radical (unpaired) electrons. The van der Waals surface area contributed by atoms with E-state index in [4.69, 9.17) is 0 Å². The number of hydrogen-bond donors (Lipinski definition) is 0. The molecular weight excluding hydrogens is 665 g/mol. The summed E-state index contributed by atoms with van der Waals surface area (Å²) in [5.41, 5.74) is 18.2. The fourth-order valence-electron chi connectivity index (χ4n) is 9.31. The van der Waals surface area contributed by atoms with Gasteiger partial charge in [0.15, 0.2) is 0 Å². The lowest BCUT2D eigenvalue weighted by Crippen LogP contribution is -2.17. The van der Waals surface area contributed by atoms with Crippen molar-refractivity contribution in [2.45, 2.75) is 33.1 Å². The van der Waals surface area contributed by atoms with Crippen LogP contribution in [0.4, 0.5) is 17.1 Å². The minimum Gasteiger partial charge on any atom is -0.308 e. The highest BCUT2D eigenvalue weighted by molar-refractivity contribution is 6.16. The normalized spacial score (nSPS) is 12.9. The molecule has 2 heteroatoms. The van der Waals surface area contributed by atoms with E-state index >= 15 is 0 Å². The Labute approximate surface area is 323 Å². The smallest absolute Gasteiger partial charge is 0.0782 e. The summed E-state index contributed by atoms with van der Waals surface area (Å²) in [7, 11) is 0. The molecule has 2 nitrogen and oxygen atoms in total. The van der Waals surface area contributed by atoms with Crippen LogP contribution in [0.25, 0.3) is 66.6 Å². The number of para-hydroxylation sites is 3. The quantitative estimate of drug-likeness (QED) is 0.167. The molecule has 10 rings (SSSR count). The van der Waals surface area contributed by atoms with Gasteiger partial charge < -0.3 is 9.47 Å². The Morgan fingerprint density at radius 3 is 2.04 bits per heavy atom. The zero-order valence-electron chi connectivity index (χ0n) is 31.8. The van der Waals surface area contributed by atoms with Crippen molar-refractivity contribution in [1.82, 2.24) is 4.57 Å². The predicted octanol–water partition coefficient (Wildman–Crippen LogP) is 14.6. The highest BCUT2D eigenvalue weighted by Crippen LogP contribution is 2.55. The molecule has 0 aliphatic heterocycles. The van der Waals surface area contributed by atoms with Crippen LogP contribution >= 0.6 is 0 Å². The van der Waals surface area contributed by atoms with Gasteiger partial charge in [0.25, 0.3) is 0 Å². The van der Waals surface area contributed by atoms with Gasteiger partial charge in [0, 0.05) is 32.9 Å². The molecule has 1 aliphatic carbocycles. The molecule has 0 N–H and O–H groups in total. The van der Waals surface area contributed by atoms with Gasteiger partial charge in [-0.3, -0.25) is 0 Å². The number of aryl methyl sites for hydroxylation is 2. The van der Waals surface area contributed by atoms with Crippen molar-refractivity contribution in [1.29, 1.82) is 0 Å². The van der Waals surface area contributed by atoms with Gasteiger partial charge in [0.05, 0.1) is 22.4 Å². The first-order valence-corrected chi connectivity index (χ1v) is 19.2. The van der Waals surface area contributed by atoms with Crippen molar-refractivity contribution in [3.8, 4) is 27.9 Å². The lowest BCUT2D eigenvalue weighted by atomic mass is 9.81. The second-order valence-electron chi connectivity index (χ2n) is 15.5. The maximum absolute atomic E-state index is 4.13. The van der Waals surface area contributed by atoms with Gasteiger partial charge in [0.2, 0.25) is 0 Å². The van der Waals surface area contributed by atoms with Gasteiger partial charge in [-0.1, -0.05) is 153 Å². The SMILES string of the molecule is C=Cc1ccccc1-c1ccc(N(c2cc3c(c4ccccc24)-c2ccc(C)cc2C3(C)C)c2cccc3c4ccccc4n(-c4ccccc4)c23)cc1C. The van der Waals surface area contributed by atoms with E-state index in [0.29, 0.717) is 0 Å². The molecule has 8 aromatic carbocycles. The minimum absolute atomic E-state index is 0.180. The van der Waals surface area contributed by atoms with Crippen molar-refractivity contribution in [3.63, 3.8) is 0 Å². The van der Waals surface area contributed by atoms with Crippen LogP contribution in [0, 0.1) is 13.8 Å². The first kappa shape index (κ1) is 33.0. The van der Waals surface area contributed by atoms with E-state index in [1.165, 1.54) is 82.8 Å². The van der Waals surface area contributed by atoms with Crippen LogP contribution in [0.3, 0.4) is 0 Å². The average molecular weight is 707 g/mol. The Hall–Kier alpha value is -6.64. The third-order valence-corrected chi connectivity index (χ3v) is 11.9. The molecule has 9 aromatic rings. The standard InChI is InChI=1S/C53H42N2/c1-6-36-17-10-11-20-40(36)39-30-28-38(32-35(39)3)54(49-26-16-24-44-42-22-14-15-25-48(42)55(52(44)49)37-18-8-7-9-19-37)50-33-47-51(43-23-13-12-21-41(43)50)45-29-27-34(2)31-46(45)53(47,4)5/h6-33H,1H2,2-5H3. The van der Waals surface area contributed by atoms with Crippen LogP contribution < -0.4 is 4.90 Å². The van der Waals surface area contributed by atoms with E-state index in [2.05, 4.69) is 208 Å². The van der Waals surface area contributed by atoms with Gasteiger partial charge in [-0.2, -0.15) is 0 Å². The molecule has 0 atom stereocenters. The van der Waals surface area contributed by atoms with Crippen LogP contribution in [-0.4, -0.2) is 4.57 Å². The summed E-state index contributed by atoms with van der Waals surface area (Å²) in [5.74, 6) is 0. The lowest BCUT2D eigenvalue weighted by molar-refractivity contribution is 0.660. The minimum atomic E-state index is -0.180. The van der Waals surface area contributed by atoms with Crippen LogP contribution in [0.2, 0.25) is 0 Å². The Morgan fingerprint density at radius 2 is 1.24 bits per heavy atom. The van der Waals surface area contributed by atoms with Crippen LogP contribution in [0.1, 0.15) is 41.7 Å². The molecule has 0 unspecified atom stereocenters. The monoisotopic (exact) mass is 706 g/mol. The molecule has 0 fully saturated rings. The van der Waals surface area contributed by atoms with E-state index in [9.17, 15) is 0 Å². The number of rotatable bonds is 6. The van der Waals surface area contributed by atoms with Crippen LogP contribution in [-0.2, 0) is 5.41 Å². The molecular formula is C53H42N2. The molecule has 0 spiro atoms. The molecule has 1 aliphatic rings. The predicted molar refractivity (Wildman–Crippen MR) is 236 cm³/mol. The summed E-state index contributed by atoms with van der Waals surface area (Å²) in [6.45, 7) is 13.4. The summed E-state index contributed by atoms with van der Waals surface area (Å²) >= 11 is 0. The first-order chi connectivity index (χ1) is 26.8. The van der Waals surface area contributed by atoms with Crippen LogP contribution in [0.5, 0.6) is 0 Å². The van der Waals surface area contributed by atoms with E-state index < -0.39 is 0 Å². The largest absolute Gasteiger partial charge is 0.308 e. The maximum Gasteiger partial charge on any atom is 0.0782 e. The highest BCUT2D eigenvalue weighted by Gasteiger charge is 2.38. The summed E-state index contributed by atoms with van der Waals surface area (Å²) < 4.78 is 2.45. The Morgan fingerprint density at radius 1 is 0.545 bits per heavy atom. The van der Waals surface area contributed by atoms with Crippen molar-refractivity contribution in [2.75, 3.05) is 4.90 Å². The Bertz CT molecular complexity index is 3000. The highest BCUT2D eigenvalue weighted by atomic mass is 15.2. The average Bonchev–Trinajstić information content (AvgIpc) is 3.67. The molecule has 55 heavy (non-hydrogen) atoms. The zero-order chi connectivity index (χ0) is 37.4.